The standard InChI is InChI=1S/C22H27N7O3S/c1-4-32-19(15-6-5-7-17(12-15)31-3)20(30)24-22-28-27-21(33-22)23-16-10-11-29(13-16)18-9-8-14(2)25-26-18/h5-9,12,16,19H,4,10-11,13H2,1-3H3,(H,23,27)(H,24,28,30)/t16-,19+/m1/s1. The summed E-state index contributed by atoms with van der Waals surface area (Å²) in [6.07, 6.45) is 0.170. The second kappa shape index (κ2) is 10.5. The van der Waals surface area contributed by atoms with Gasteiger partial charge in [0.2, 0.25) is 10.3 Å². The lowest BCUT2D eigenvalue weighted by Gasteiger charge is -2.17. The molecule has 2 atom stereocenters. The predicted molar refractivity (Wildman–Crippen MR) is 127 cm³/mol. The molecule has 0 spiro atoms. The average molecular weight is 470 g/mol. The number of rotatable bonds is 9. The normalized spacial score (nSPS) is 16.5. The Kier molecular flexibility index (Phi) is 7.30. The largest absolute Gasteiger partial charge is 0.497 e. The maximum absolute atomic E-state index is 12.9. The van der Waals surface area contributed by atoms with Crippen LogP contribution < -0.4 is 20.3 Å². The summed E-state index contributed by atoms with van der Waals surface area (Å²) in [5.41, 5.74) is 1.61. The van der Waals surface area contributed by atoms with Crippen LogP contribution in [0.5, 0.6) is 5.75 Å². The van der Waals surface area contributed by atoms with Crippen molar-refractivity contribution in [2.75, 3.05) is 42.3 Å². The first-order valence-corrected chi connectivity index (χ1v) is 11.6. The van der Waals surface area contributed by atoms with Crippen LogP contribution in [-0.2, 0) is 9.53 Å². The lowest BCUT2D eigenvalue weighted by Crippen LogP contribution is -2.26. The van der Waals surface area contributed by atoms with Crippen LogP contribution in [0, 0.1) is 6.92 Å². The van der Waals surface area contributed by atoms with Gasteiger partial charge >= 0.3 is 0 Å². The van der Waals surface area contributed by atoms with Crippen LogP contribution in [0.3, 0.4) is 0 Å². The topological polar surface area (TPSA) is 114 Å². The number of aromatic nitrogens is 4. The summed E-state index contributed by atoms with van der Waals surface area (Å²) in [6.45, 7) is 5.84. The molecule has 1 amide bonds. The Hall–Kier alpha value is -3.31. The molecule has 3 heterocycles. The maximum atomic E-state index is 12.9. The molecular weight excluding hydrogens is 442 g/mol. The first-order valence-electron chi connectivity index (χ1n) is 10.8. The van der Waals surface area contributed by atoms with E-state index in [-0.39, 0.29) is 11.9 Å². The molecule has 0 aliphatic carbocycles. The molecule has 2 N–H and O–H groups in total. The maximum Gasteiger partial charge on any atom is 0.259 e. The zero-order chi connectivity index (χ0) is 23.2. The van der Waals surface area contributed by atoms with Crippen molar-refractivity contribution in [1.29, 1.82) is 0 Å². The van der Waals surface area contributed by atoms with Crippen molar-refractivity contribution in [1.82, 2.24) is 20.4 Å². The van der Waals surface area contributed by atoms with Crippen molar-refractivity contribution < 1.29 is 14.3 Å². The Balaban J connectivity index is 1.35. The fourth-order valence-electron chi connectivity index (χ4n) is 3.62. The number of anilines is 3. The Labute approximate surface area is 196 Å². The Morgan fingerprint density at radius 2 is 2.06 bits per heavy atom. The minimum atomic E-state index is -0.774. The van der Waals surface area contributed by atoms with Gasteiger partial charge in [-0.25, -0.2) is 0 Å². The number of carbonyl (C=O) groups is 1. The quantitative estimate of drug-likeness (QED) is 0.488. The van der Waals surface area contributed by atoms with E-state index in [9.17, 15) is 4.79 Å². The van der Waals surface area contributed by atoms with Crippen molar-refractivity contribution in [2.45, 2.75) is 32.4 Å². The van der Waals surface area contributed by atoms with Crippen LogP contribution in [0.4, 0.5) is 16.1 Å². The molecule has 0 saturated carbocycles. The molecule has 2 aromatic heterocycles. The minimum Gasteiger partial charge on any atom is -0.497 e. The van der Waals surface area contributed by atoms with E-state index >= 15 is 0 Å². The highest BCUT2D eigenvalue weighted by Crippen LogP contribution is 2.27. The molecular formula is C22H27N7O3S. The van der Waals surface area contributed by atoms with Crippen LogP contribution in [0.15, 0.2) is 36.4 Å². The summed E-state index contributed by atoms with van der Waals surface area (Å²) >= 11 is 1.29. The second-order valence-electron chi connectivity index (χ2n) is 7.62. The summed E-state index contributed by atoms with van der Waals surface area (Å²) in [5.74, 6) is 1.22. The van der Waals surface area contributed by atoms with Gasteiger partial charge in [-0.3, -0.25) is 10.1 Å². The lowest BCUT2D eigenvalue weighted by atomic mass is 10.1. The van der Waals surface area contributed by atoms with Gasteiger partial charge in [0.25, 0.3) is 5.91 Å². The summed E-state index contributed by atoms with van der Waals surface area (Å²) in [7, 11) is 1.59. The fraction of sp³-hybridized carbons (Fsp3) is 0.409. The zero-order valence-electron chi connectivity index (χ0n) is 18.8. The van der Waals surface area contributed by atoms with Crippen LogP contribution in [0.2, 0.25) is 0 Å². The summed E-state index contributed by atoms with van der Waals surface area (Å²) in [5, 5.41) is 24.0. The predicted octanol–water partition coefficient (Wildman–Crippen LogP) is 3.05. The summed E-state index contributed by atoms with van der Waals surface area (Å²) in [4.78, 5) is 15.1. The number of nitrogens with zero attached hydrogens (tertiary/aromatic N) is 5. The highest BCUT2D eigenvalue weighted by molar-refractivity contribution is 7.19. The van der Waals surface area contributed by atoms with Gasteiger partial charge in [-0.2, -0.15) is 5.10 Å². The molecule has 174 valence electrons. The van der Waals surface area contributed by atoms with Gasteiger partial charge in [0, 0.05) is 25.7 Å². The van der Waals surface area contributed by atoms with E-state index in [1.807, 2.05) is 44.2 Å². The second-order valence-corrected chi connectivity index (χ2v) is 8.60. The Bertz CT molecular complexity index is 1080. The fourth-order valence-corrected chi connectivity index (χ4v) is 4.34. The molecule has 1 aliphatic rings. The van der Waals surface area contributed by atoms with Gasteiger partial charge in [-0.05, 0) is 50.1 Å². The van der Waals surface area contributed by atoms with Crippen molar-refractivity contribution in [3.8, 4) is 5.75 Å². The van der Waals surface area contributed by atoms with E-state index in [1.54, 1.807) is 13.2 Å². The third-order valence-corrected chi connectivity index (χ3v) is 6.02. The Morgan fingerprint density at radius 3 is 2.82 bits per heavy atom. The number of benzene rings is 1. The third-order valence-electron chi connectivity index (χ3n) is 5.25. The first kappa shape index (κ1) is 22.9. The van der Waals surface area contributed by atoms with E-state index in [0.717, 1.165) is 31.0 Å². The van der Waals surface area contributed by atoms with Crippen LogP contribution in [0.25, 0.3) is 0 Å². The molecule has 0 radical (unpaired) electrons. The highest BCUT2D eigenvalue weighted by atomic mass is 32.1. The number of methoxy groups -OCH3 is 1. The highest BCUT2D eigenvalue weighted by Gasteiger charge is 2.26. The molecule has 4 rings (SSSR count). The third kappa shape index (κ3) is 5.74. The van der Waals surface area contributed by atoms with Gasteiger partial charge in [-0.15, -0.1) is 15.3 Å². The van der Waals surface area contributed by atoms with Crippen LogP contribution in [0.1, 0.15) is 30.7 Å². The summed E-state index contributed by atoms with van der Waals surface area (Å²) in [6, 6.07) is 11.4. The zero-order valence-corrected chi connectivity index (χ0v) is 19.6. The SMILES string of the molecule is CCO[C@H](C(=O)Nc1nnc(N[C@@H]2CCN(c3ccc(C)nn3)C2)s1)c1cccc(OC)c1. The van der Waals surface area contributed by atoms with Gasteiger partial charge < -0.3 is 19.7 Å². The van der Waals surface area contributed by atoms with Crippen molar-refractivity contribution in [2.24, 2.45) is 0 Å². The van der Waals surface area contributed by atoms with Gasteiger partial charge in [-0.1, -0.05) is 23.5 Å². The van der Waals surface area contributed by atoms with Gasteiger partial charge in [0.05, 0.1) is 12.8 Å². The van der Waals surface area contributed by atoms with E-state index < -0.39 is 6.10 Å². The smallest absolute Gasteiger partial charge is 0.259 e. The molecule has 1 aliphatic heterocycles. The van der Waals surface area contributed by atoms with E-state index in [4.69, 9.17) is 9.47 Å². The molecule has 33 heavy (non-hydrogen) atoms. The molecule has 0 unspecified atom stereocenters. The molecule has 1 aromatic carbocycles. The molecule has 10 nitrogen and oxygen atoms in total. The van der Waals surface area contributed by atoms with Gasteiger partial charge in [0.15, 0.2) is 11.9 Å². The molecule has 1 saturated heterocycles. The van der Waals surface area contributed by atoms with Crippen molar-refractivity contribution in [3.05, 3.63) is 47.7 Å². The monoisotopic (exact) mass is 469 g/mol. The first-order chi connectivity index (χ1) is 16.1. The van der Waals surface area contributed by atoms with Crippen LogP contribution >= 0.6 is 11.3 Å². The van der Waals surface area contributed by atoms with Gasteiger partial charge in [0.1, 0.15) is 5.75 Å². The van der Waals surface area contributed by atoms with E-state index in [0.29, 0.717) is 28.2 Å². The number of amides is 1. The Morgan fingerprint density at radius 1 is 1.21 bits per heavy atom. The molecule has 1 fully saturated rings. The molecule has 3 aromatic rings. The molecule has 0 bridgehead atoms. The number of aryl methyl sites for hydroxylation is 1. The summed E-state index contributed by atoms with van der Waals surface area (Å²) < 4.78 is 11.0. The van der Waals surface area contributed by atoms with E-state index in [2.05, 4.69) is 35.9 Å². The van der Waals surface area contributed by atoms with E-state index in [1.165, 1.54) is 11.3 Å². The van der Waals surface area contributed by atoms with Crippen molar-refractivity contribution in [3.63, 3.8) is 0 Å². The number of carbonyl (C=O) groups excluding carboxylic acids is 1. The number of ether oxygens (including phenoxy) is 2. The lowest BCUT2D eigenvalue weighted by molar-refractivity contribution is -0.127. The van der Waals surface area contributed by atoms with Crippen LogP contribution in [-0.4, -0.2) is 59.1 Å². The average Bonchev–Trinajstić information content (AvgIpc) is 3.47. The van der Waals surface area contributed by atoms with Crippen molar-refractivity contribution >= 4 is 33.3 Å². The molecule has 11 heteroatoms. The number of hydrogen-bond acceptors (Lipinski definition) is 10. The minimum absolute atomic E-state index is 0.206. The number of nitrogens with one attached hydrogen (secondary N) is 2. The number of hydrogen-bond donors (Lipinski definition) is 2.